The van der Waals surface area contributed by atoms with Gasteiger partial charge in [0.25, 0.3) is 11.8 Å². The number of rotatable bonds is 5. The second-order valence-corrected chi connectivity index (χ2v) is 9.77. The Morgan fingerprint density at radius 1 is 0.968 bits per heavy atom. The molecule has 4 rings (SSSR count). The maximum Gasteiger partial charge on any atom is 0.262 e. The first kappa shape index (κ1) is 21.0. The van der Waals surface area contributed by atoms with E-state index in [4.69, 9.17) is 4.74 Å². The minimum Gasteiger partial charge on any atom is -0.497 e. The molecule has 0 bridgehead atoms. The Kier molecular flexibility index (Phi) is 5.53. The van der Waals surface area contributed by atoms with Gasteiger partial charge >= 0.3 is 0 Å². The molecule has 3 amide bonds. The molecule has 9 heteroatoms. The number of benzene rings is 2. The summed E-state index contributed by atoms with van der Waals surface area (Å²) in [5, 5.41) is -0.593. The molecule has 0 radical (unpaired) electrons. The van der Waals surface area contributed by atoms with Crippen molar-refractivity contribution in [2.45, 2.75) is 23.0 Å². The summed E-state index contributed by atoms with van der Waals surface area (Å²) in [5.74, 6) is -0.751. The highest BCUT2D eigenvalue weighted by Crippen LogP contribution is 2.27. The molecule has 0 aromatic heterocycles. The molecule has 2 aliphatic rings. The van der Waals surface area contributed by atoms with Crippen LogP contribution in [0.15, 0.2) is 53.4 Å². The van der Waals surface area contributed by atoms with Gasteiger partial charge in [-0.25, -0.2) is 8.42 Å². The third-order valence-electron chi connectivity index (χ3n) is 5.79. The Balaban J connectivity index is 1.38. The van der Waals surface area contributed by atoms with Gasteiger partial charge in [-0.2, -0.15) is 0 Å². The summed E-state index contributed by atoms with van der Waals surface area (Å²) in [5.41, 5.74) is 0.592. The van der Waals surface area contributed by atoms with Gasteiger partial charge in [0.2, 0.25) is 5.91 Å². The molecular weight excluding hydrogens is 420 g/mol. The molecular formula is C22H22N2O6S. The van der Waals surface area contributed by atoms with Crippen LogP contribution >= 0.6 is 0 Å². The molecule has 0 aliphatic carbocycles. The topological polar surface area (TPSA) is 101 Å². The predicted octanol–water partition coefficient (Wildman–Crippen LogP) is 1.76. The van der Waals surface area contributed by atoms with Gasteiger partial charge in [0.05, 0.1) is 28.4 Å². The highest BCUT2D eigenvalue weighted by atomic mass is 32.2. The van der Waals surface area contributed by atoms with Crippen molar-refractivity contribution in [2.75, 3.05) is 26.7 Å². The van der Waals surface area contributed by atoms with Crippen molar-refractivity contribution in [1.82, 2.24) is 9.80 Å². The standard InChI is InChI=1S/C22H22N2O6S/c1-30-15-6-8-16(9-7-15)31(28,29)17-10-12-23(13-11-17)20(25)14-24-21(26)18-4-2-3-5-19(18)22(24)27/h2-9,17H,10-14H2,1H3. The van der Waals surface area contributed by atoms with Crippen molar-refractivity contribution in [3.05, 3.63) is 59.7 Å². The molecule has 0 N–H and O–H groups in total. The van der Waals surface area contributed by atoms with Crippen LogP contribution in [-0.4, -0.2) is 67.9 Å². The van der Waals surface area contributed by atoms with Crippen LogP contribution in [-0.2, 0) is 14.6 Å². The van der Waals surface area contributed by atoms with E-state index >= 15 is 0 Å². The maximum atomic E-state index is 12.9. The van der Waals surface area contributed by atoms with Gasteiger partial charge in [0.15, 0.2) is 9.84 Å². The van der Waals surface area contributed by atoms with E-state index in [1.54, 1.807) is 36.4 Å². The molecule has 2 heterocycles. The number of carbonyl (C=O) groups excluding carboxylic acids is 3. The van der Waals surface area contributed by atoms with Gasteiger partial charge in [-0.15, -0.1) is 0 Å². The second kappa shape index (κ2) is 8.14. The molecule has 2 aliphatic heterocycles. The van der Waals surface area contributed by atoms with E-state index in [-0.39, 0.29) is 30.4 Å². The van der Waals surface area contributed by atoms with Gasteiger partial charge in [0.1, 0.15) is 12.3 Å². The van der Waals surface area contributed by atoms with Gasteiger partial charge in [-0.3, -0.25) is 19.3 Å². The number of amides is 3. The summed E-state index contributed by atoms with van der Waals surface area (Å²) in [6.45, 7) is 0.159. The van der Waals surface area contributed by atoms with Gasteiger partial charge in [-0.05, 0) is 49.2 Å². The molecule has 1 saturated heterocycles. The average Bonchev–Trinajstić information content (AvgIpc) is 3.04. The fourth-order valence-corrected chi connectivity index (χ4v) is 5.72. The molecule has 31 heavy (non-hydrogen) atoms. The number of fused-ring (bicyclic) bond motifs is 1. The smallest absolute Gasteiger partial charge is 0.262 e. The summed E-state index contributed by atoms with van der Waals surface area (Å²) < 4.78 is 30.9. The number of piperidine rings is 1. The quantitative estimate of drug-likeness (QED) is 0.654. The minimum atomic E-state index is -3.52. The van der Waals surface area contributed by atoms with E-state index in [0.717, 1.165) is 4.90 Å². The van der Waals surface area contributed by atoms with Crippen LogP contribution in [0.4, 0.5) is 0 Å². The first-order chi connectivity index (χ1) is 14.8. The monoisotopic (exact) mass is 442 g/mol. The average molecular weight is 442 g/mol. The lowest BCUT2D eigenvalue weighted by Gasteiger charge is -2.32. The number of nitrogens with zero attached hydrogens (tertiary/aromatic N) is 2. The summed E-state index contributed by atoms with van der Waals surface area (Å²) in [6, 6.07) is 12.7. The number of likely N-dealkylation sites (tertiary alicyclic amines) is 1. The normalized spacial score (nSPS) is 17.1. The van der Waals surface area contributed by atoms with E-state index in [2.05, 4.69) is 0 Å². The lowest BCUT2D eigenvalue weighted by atomic mass is 10.1. The molecule has 2 aromatic rings. The number of hydrogen-bond donors (Lipinski definition) is 0. The molecule has 8 nitrogen and oxygen atoms in total. The summed E-state index contributed by atoms with van der Waals surface area (Å²) in [7, 11) is -2.01. The molecule has 2 aromatic carbocycles. The molecule has 1 fully saturated rings. The zero-order chi connectivity index (χ0) is 22.2. The largest absolute Gasteiger partial charge is 0.497 e. The summed E-state index contributed by atoms with van der Waals surface area (Å²) >= 11 is 0. The van der Waals surface area contributed by atoms with Crippen molar-refractivity contribution >= 4 is 27.6 Å². The zero-order valence-electron chi connectivity index (χ0n) is 17.0. The highest BCUT2D eigenvalue weighted by Gasteiger charge is 2.38. The Morgan fingerprint density at radius 3 is 2.03 bits per heavy atom. The first-order valence-corrected chi connectivity index (χ1v) is 11.5. The lowest BCUT2D eigenvalue weighted by molar-refractivity contribution is -0.132. The van der Waals surface area contributed by atoms with Crippen LogP contribution in [0.3, 0.4) is 0 Å². The van der Waals surface area contributed by atoms with Crippen LogP contribution in [0.1, 0.15) is 33.6 Å². The number of methoxy groups -OCH3 is 1. The van der Waals surface area contributed by atoms with E-state index in [1.807, 2.05) is 0 Å². The van der Waals surface area contributed by atoms with Gasteiger partial charge in [0, 0.05) is 13.1 Å². The number of sulfone groups is 1. The SMILES string of the molecule is COc1ccc(S(=O)(=O)C2CCN(C(=O)CN3C(=O)c4ccccc4C3=O)CC2)cc1. The number of imide groups is 1. The Labute approximate surface area is 180 Å². The van der Waals surface area contributed by atoms with Crippen molar-refractivity contribution in [3.8, 4) is 5.75 Å². The summed E-state index contributed by atoms with van der Waals surface area (Å²) in [6.07, 6.45) is 0.588. The van der Waals surface area contributed by atoms with Crippen LogP contribution in [0, 0.1) is 0 Å². The van der Waals surface area contributed by atoms with Crippen molar-refractivity contribution < 1.29 is 27.5 Å². The Morgan fingerprint density at radius 2 is 1.52 bits per heavy atom. The first-order valence-electron chi connectivity index (χ1n) is 9.94. The fourth-order valence-electron chi connectivity index (χ4n) is 3.99. The lowest BCUT2D eigenvalue weighted by Crippen LogP contribution is -2.47. The maximum absolute atomic E-state index is 12.9. The van der Waals surface area contributed by atoms with E-state index in [1.165, 1.54) is 24.1 Å². The highest BCUT2D eigenvalue weighted by molar-refractivity contribution is 7.92. The predicted molar refractivity (Wildman–Crippen MR) is 112 cm³/mol. The van der Waals surface area contributed by atoms with E-state index in [0.29, 0.717) is 29.7 Å². The van der Waals surface area contributed by atoms with E-state index in [9.17, 15) is 22.8 Å². The number of hydrogen-bond acceptors (Lipinski definition) is 6. The zero-order valence-corrected chi connectivity index (χ0v) is 17.8. The number of carbonyl (C=O) groups is 3. The second-order valence-electron chi connectivity index (χ2n) is 7.54. The van der Waals surface area contributed by atoms with Crippen molar-refractivity contribution in [3.63, 3.8) is 0 Å². The van der Waals surface area contributed by atoms with Crippen LogP contribution < -0.4 is 4.74 Å². The molecule has 0 atom stereocenters. The third kappa shape index (κ3) is 3.81. The molecule has 0 saturated carbocycles. The molecule has 0 unspecified atom stereocenters. The van der Waals surface area contributed by atoms with Crippen molar-refractivity contribution in [2.24, 2.45) is 0 Å². The third-order valence-corrected chi connectivity index (χ3v) is 8.07. The van der Waals surface area contributed by atoms with Gasteiger partial charge in [-0.1, -0.05) is 12.1 Å². The number of ether oxygens (including phenoxy) is 1. The Hall–Kier alpha value is -3.20. The van der Waals surface area contributed by atoms with Crippen LogP contribution in [0.2, 0.25) is 0 Å². The van der Waals surface area contributed by atoms with Gasteiger partial charge < -0.3 is 9.64 Å². The van der Waals surface area contributed by atoms with E-state index < -0.39 is 26.9 Å². The van der Waals surface area contributed by atoms with Crippen LogP contribution in [0.5, 0.6) is 5.75 Å². The molecule has 0 spiro atoms. The summed E-state index contributed by atoms with van der Waals surface area (Å²) in [4.78, 5) is 40.3. The minimum absolute atomic E-state index is 0.226. The Bertz CT molecular complexity index is 1100. The van der Waals surface area contributed by atoms with Crippen molar-refractivity contribution in [1.29, 1.82) is 0 Å². The fraction of sp³-hybridized carbons (Fsp3) is 0.318. The molecule has 162 valence electrons. The van der Waals surface area contributed by atoms with Crippen LogP contribution in [0.25, 0.3) is 0 Å².